The molecular weight excluding hydrogens is 753 g/mol. The van der Waals surface area contributed by atoms with E-state index in [-0.39, 0.29) is 11.5 Å². The van der Waals surface area contributed by atoms with Crippen LogP contribution < -0.4 is 0 Å². The maximum Gasteiger partial charge on any atom is 0.130 e. The van der Waals surface area contributed by atoms with E-state index >= 15 is 0 Å². The lowest BCUT2D eigenvalue weighted by Crippen LogP contribution is -1.99. The first kappa shape index (κ1) is 36.7. The Labute approximate surface area is 362 Å². The van der Waals surface area contributed by atoms with Crippen LogP contribution in [0.1, 0.15) is 52.3 Å². The molecule has 1 unspecified atom stereocenters. The number of benzene rings is 9. The molecule has 0 radical (unpaired) electrons. The molecule has 0 fully saturated rings. The first-order valence-electron chi connectivity index (χ1n) is 22.0. The number of allylic oxidation sites excluding steroid dienone is 4. The number of rotatable bonds is 4. The van der Waals surface area contributed by atoms with Crippen molar-refractivity contribution >= 4 is 37.9 Å². The highest BCUT2D eigenvalue weighted by molar-refractivity contribution is 6.25. The van der Waals surface area contributed by atoms with E-state index in [1.54, 1.807) is 12.5 Å². The summed E-state index contributed by atoms with van der Waals surface area (Å²) >= 11 is 0. The zero-order chi connectivity index (χ0) is 42.0. The van der Waals surface area contributed by atoms with Gasteiger partial charge >= 0.3 is 0 Å². The monoisotopic (exact) mass is 798 g/mol. The minimum Gasteiger partial charge on any atom is -0.507 e. The van der Waals surface area contributed by atoms with E-state index in [4.69, 9.17) is 0 Å². The van der Waals surface area contributed by atoms with Gasteiger partial charge in [0.15, 0.2) is 0 Å². The van der Waals surface area contributed by atoms with Crippen molar-refractivity contribution < 1.29 is 10.2 Å². The fourth-order valence-electron chi connectivity index (χ4n) is 11.4. The van der Waals surface area contributed by atoms with Gasteiger partial charge in [0.25, 0.3) is 0 Å². The van der Waals surface area contributed by atoms with Crippen LogP contribution in [-0.2, 0) is 12.8 Å². The molecular formula is C60H46O2. The average molecular weight is 799 g/mol. The van der Waals surface area contributed by atoms with Gasteiger partial charge < -0.3 is 10.2 Å². The molecule has 62 heavy (non-hydrogen) atoms. The van der Waals surface area contributed by atoms with Gasteiger partial charge in [0.05, 0.1) is 0 Å². The van der Waals surface area contributed by atoms with Crippen molar-refractivity contribution in [2.45, 2.75) is 47.0 Å². The Balaban J connectivity index is 1.12. The van der Waals surface area contributed by atoms with E-state index in [1.165, 1.54) is 83.1 Å². The van der Waals surface area contributed by atoms with Gasteiger partial charge in [-0.05, 0) is 168 Å². The Morgan fingerprint density at radius 1 is 0.419 bits per heavy atom. The third-order valence-electron chi connectivity index (χ3n) is 14.5. The average Bonchev–Trinajstić information content (AvgIpc) is 3.87. The van der Waals surface area contributed by atoms with Crippen LogP contribution in [0.3, 0.4) is 0 Å². The molecule has 2 nitrogen and oxygen atoms in total. The number of hydrogen-bond donors (Lipinski definition) is 2. The summed E-state index contributed by atoms with van der Waals surface area (Å²) in [7, 11) is 0. The number of aromatic hydroxyl groups is 2. The van der Waals surface area contributed by atoms with Crippen molar-refractivity contribution in [1.82, 2.24) is 0 Å². The SMILES string of the molecule is Cc1c(C)c(-c2c3ccccc3c(-c3cccc4c(-c5ccc6c(c5-c5ccc7c(c5)-c5ccccc5C7)C5=C(C6)CC(C)C=C5)cccc34)c3ccccc23)c(O)c(C)c1O. The molecule has 298 valence electrons. The molecule has 3 aliphatic rings. The summed E-state index contributed by atoms with van der Waals surface area (Å²) in [5, 5.41) is 29.5. The molecule has 3 aliphatic carbocycles. The van der Waals surface area contributed by atoms with Crippen molar-refractivity contribution in [3.05, 3.63) is 196 Å². The lowest BCUT2D eigenvalue weighted by molar-refractivity contribution is 0.441. The Hall–Kier alpha value is -7.16. The van der Waals surface area contributed by atoms with Gasteiger partial charge in [-0.15, -0.1) is 0 Å². The zero-order valence-electron chi connectivity index (χ0n) is 35.5. The number of fused-ring (bicyclic) bond motifs is 8. The van der Waals surface area contributed by atoms with E-state index < -0.39 is 0 Å². The van der Waals surface area contributed by atoms with Crippen molar-refractivity contribution in [2.24, 2.45) is 5.92 Å². The molecule has 0 heterocycles. The summed E-state index contributed by atoms with van der Waals surface area (Å²) in [4.78, 5) is 0. The quantitative estimate of drug-likeness (QED) is 0.174. The topological polar surface area (TPSA) is 40.5 Å². The smallest absolute Gasteiger partial charge is 0.130 e. The Bertz CT molecular complexity index is 3420. The van der Waals surface area contributed by atoms with E-state index in [0.717, 1.165) is 63.1 Å². The molecule has 0 bridgehead atoms. The fourth-order valence-corrected chi connectivity index (χ4v) is 11.4. The zero-order valence-corrected chi connectivity index (χ0v) is 35.5. The van der Waals surface area contributed by atoms with Gasteiger partial charge in [0.1, 0.15) is 11.5 Å². The van der Waals surface area contributed by atoms with Crippen molar-refractivity contribution in [2.75, 3.05) is 0 Å². The Morgan fingerprint density at radius 2 is 1.02 bits per heavy atom. The van der Waals surface area contributed by atoms with Gasteiger partial charge in [-0.3, -0.25) is 0 Å². The highest BCUT2D eigenvalue weighted by Crippen LogP contribution is 2.53. The molecule has 0 saturated carbocycles. The van der Waals surface area contributed by atoms with Crippen LogP contribution in [0.15, 0.2) is 157 Å². The van der Waals surface area contributed by atoms with Crippen molar-refractivity contribution in [3.8, 4) is 67.1 Å². The van der Waals surface area contributed by atoms with Gasteiger partial charge in [-0.25, -0.2) is 0 Å². The molecule has 0 spiro atoms. The molecule has 0 aromatic heterocycles. The largest absolute Gasteiger partial charge is 0.507 e. The van der Waals surface area contributed by atoms with Crippen LogP contribution in [0, 0.1) is 26.7 Å². The maximum absolute atomic E-state index is 11.8. The predicted molar refractivity (Wildman–Crippen MR) is 260 cm³/mol. The van der Waals surface area contributed by atoms with Crippen LogP contribution in [0.2, 0.25) is 0 Å². The maximum atomic E-state index is 11.8. The number of hydrogen-bond acceptors (Lipinski definition) is 2. The summed E-state index contributed by atoms with van der Waals surface area (Å²) in [6.45, 7) is 8.07. The highest BCUT2D eigenvalue weighted by atomic mass is 16.3. The summed E-state index contributed by atoms with van der Waals surface area (Å²) in [6.07, 6.45) is 7.91. The first-order valence-corrected chi connectivity index (χ1v) is 22.0. The lowest BCUT2D eigenvalue weighted by atomic mass is 9.81. The third kappa shape index (κ3) is 5.23. The van der Waals surface area contributed by atoms with Crippen molar-refractivity contribution in [1.29, 1.82) is 0 Å². The molecule has 9 aromatic rings. The van der Waals surface area contributed by atoms with Gasteiger partial charge in [0.2, 0.25) is 0 Å². The number of phenolic OH excluding ortho intramolecular Hbond substituents is 2. The lowest BCUT2D eigenvalue weighted by Gasteiger charge is -2.23. The third-order valence-corrected chi connectivity index (χ3v) is 14.5. The summed E-state index contributed by atoms with van der Waals surface area (Å²) in [5.41, 5.74) is 22.7. The van der Waals surface area contributed by atoms with E-state index in [2.05, 4.69) is 159 Å². The standard InChI is InChI=1S/C60H46O2/c1-33-23-27-43-41(29-33)31-39-26-28-52(56(55(39)43)40-25-24-38-30-37-13-5-6-14-42(37)53(38)32-40)46-21-11-20-45-44(46)19-12-22-47(45)57-48-15-7-9-17-50(48)58(51-18-10-8-16-49(51)57)54-34(2)35(3)59(61)36(4)60(54)62/h5-28,32-33,61-62H,29-31H2,1-4H3. The van der Waals surface area contributed by atoms with E-state index in [0.29, 0.717) is 11.5 Å². The number of phenols is 2. The molecule has 12 rings (SSSR count). The second kappa shape index (κ2) is 13.7. The predicted octanol–water partition coefficient (Wildman–Crippen LogP) is 15.6. The van der Waals surface area contributed by atoms with Gasteiger partial charge in [0, 0.05) is 16.7 Å². The van der Waals surface area contributed by atoms with Crippen LogP contribution in [0.25, 0.3) is 93.5 Å². The highest BCUT2D eigenvalue weighted by Gasteiger charge is 2.30. The van der Waals surface area contributed by atoms with Crippen LogP contribution >= 0.6 is 0 Å². The minimum atomic E-state index is 0.127. The van der Waals surface area contributed by atoms with Crippen molar-refractivity contribution in [3.63, 3.8) is 0 Å². The molecule has 2 heteroatoms. The van der Waals surface area contributed by atoms with E-state index in [1.807, 2.05) is 13.8 Å². The first-order chi connectivity index (χ1) is 30.3. The van der Waals surface area contributed by atoms with Crippen LogP contribution in [-0.4, -0.2) is 10.2 Å². The summed E-state index contributed by atoms with van der Waals surface area (Å²) < 4.78 is 0. The molecule has 1 atom stereocenters. The van der Waals surface area contributed by atoms with Crippen LogP contribution in [0.5, 0.6) is 11.5 Å². The second-order valence-corrected chi connectivity index (χ2v) is 18.0. The normalized spacial score (nSPS) is 15.1. The molecule has 0 amide bonds. The summed E-state index contributed by atoms with van der Waals surface area (Å²) in [6, 6.07) is 51.8. The molecule has 2 N–H and O–H groups in total. The molecule has 0 aliphatic heterocycles. The Kier molecular flexibility index (Phi) is 8.09. The van der Waals surface area contributed by atoms with Gasteiger partial charge in [-0.2, -0.15) is 0 Å². The minimum absolute atomic E-state index is 0.127. The second-order valence-electron chi connectivity index (χ2n) is 18.0. The van der Waals surface area contributed by atoms with Crippen LogP contribution in [0.4, 0.5) is 0 Å². The van der Waals surface area contributed by atoms with E-state index in [9.17, 15) is 10.2 Å². The Morgan fingerprint density at radius 3 is 1.76 bits per heavy atom. The molecule has 0 saturated heterocycles. The summed E-state index contributed by atoms with van der Waals surface area (Å²) in [5.74, 6) is 0.821. The van der Waals surface area contributed by atoms with Gasteiger partial charge in [-0.1, -0.05) is 158 Å². The fraction of sp³-hybridized carbons (Fsp3) is 0.133. The molecule has 9 aromatic carbocycles.